The molecular weight excluding hydrogens is 158 g/mol. The van der Waals surface area contributed by atoms with E-state index in [0.717, 1.165) is 0 Å². The molecule has 2 atom stereocenters. The number of carboxylic acids is 1. The topological polar surface area (TPSA) is 60.8 Å². The van der Waals surface area contributed by atoms with E-state index in [-0.39, 0.29) is 5.92 Å². The molecule has 0 aliphatic carbocycles. The van der Waals surface area contributed by atoms with Crippen molar-refractivity contribution in [2.24, 2.45) is 5.92 Å². The largest absolute Gasteiger partial charge is 0.479 e. The van der Waals surface area contributed by atoms with Crippen LogP contribution in [0.2, 0.25) is 0 Å². The fourth-order valence-electron chi connectivity index (χ4n) is 1.64. The van der Waals surface area contributed by atoms with Gasteiger partial charge in [0.2, 0.25) is 0 Å². The van der Waals surface area contributed by atoms with E-state index < -0.39 is 11.6 Å². The minimum absolute atomic E-state index is 0.200. The van der Waals surface area contributed by atoms with Gasteiger partial charge in [0, 0.05) is 19.0 Å². The molecule has 1 aliphatic rings. The van der Waals surface area contributed by atoms with Crippen LogP contribution < -0.4 is 0 Å². The van der Waals surface area contributed by atoms with Gasteiger partial charge in [-0.15, -0.1) is 0 Å². The Morgan fingerprint density at radius 3 is 2.67 bits per heavy atom. The third-order valence-corrected chi connectivity index (χ3v) is 2.65. The third-order valence-electron chi connectivity index (χ3n) is 2.65. The van der Waals surface area contributed by atoms with Gasteiger partial charge >= 0.3 is 5.97 Å². The standard InChI is InChI=1S/C8H15NO3/c1-6-5-9(2)4-3-8(6,12)7(10)11/h6,12H,3-5H2,1-2H3,(H,10,11)/t6-,8-/m1/s1. The number of rotatable bonds is 1. The fraction of sp³-hybridized carbons (Fsp3) is 0.875. The van der Waals surface area contributed by atoms with Gasteiger partial charge in [0.1, 0.15) is 0 Å². The summed E-state index contributed by atoms with van der Waals surface area (Å²) in [5.74, 6) is -1.29. The molecule has 0 amide bonds. The average molecular weight is 173 g/mol. The number of carbonyl (C=O) groups is 1. The Labute approximate surface area is 71.8 Å². The van der Waals surface area contributed by atoms with Gasteiger partial charge in [-0.25, -0.2) is 4.79 Å². The smallest absolute Gasteiger partial charge is 0.336 e. The Morgan fingerprint density at radius 2 is 2.25 bits per heavy atom. The Balaban J connectivity index is 2.72. The van der Waals surface area contributed by atoms with E-state index in [2.05, 4.69) is 0 Å². The first-order valence-corrected chi connectivity index (χ1v) is 4.11. The summed E-state index contributed by atoms with van der Waals surface area (Å²) in [6.07, 6.45) is 0.319. The SMILES string of the molecule is C[C@@H]1CN(C)CC[C@]1(O)C(=O)O. The summed E-state index contributed by atoms with van der Waals surface area (Å²) in [5.41, 5.74) is -1.51. The molecule has 70 valence electrons. The van der Waals surface area contributed by atoms with Crippen LogP contribution in [0.4, 0.5) is 0 Å². The highest BCUT2D eigenvalue weighted by atomic mass is 16.4. The minimum Gasteiger partial charge on any atom is -0.479 e. The molecule has 0 bridgehead atoms. The molecule has 4 nitrogen and oxygen atoms in total. The summed E-state index contributed by atoms with van der Waals surface area (Å²) >= 11 is 0. The number of aliphatic hydroxyl groups is 1. The molecule has 0 saturated carbocycles. The lowest BCUT2D eigenvalue weighted by molar-refractivity contribution is -0.170. The van der Waals surface area contributed by atoms with Gasteiger partial charge in [0.05, 0.1) is 0 Å². The molecule has 0 unspecified atom stereocenters. The molecule has 12 heavy (non-hydrogen) atoms. The molecule has 1 heterocycles. The van der Waals surface area contributed by atoms with Crippen LogP contribution in [0.5, 0.6) is 0 Å². The first-order valence-electron chi connectivity index (χ1n) is 4.11. The first-order chi connectivity index (χ1) is 5.47. The van der Waals surface area contributed by atoms with Crippen molar-refractivity contribution in [2.45, 2.75) is 18.9 Å². The highest BCUT2D eigenvalue weighted by Gasteiger charge is 2.44. The van der Waals surface area contributed by atoms with E-state index in [1.165, 1.54) is 0 Å². The summed E-state index contributed by atoms with van der Waals surface area (Å²) < 4.78 is 0. The van der Waals surface area contributed by atoms with Crippen molar-refractivity contribution in [3.8, 4) is 0 Å². The lowest BCUT2D eigenvalue weighted by Crippen LogP contribution is -2.54. The molecule has 0 aromatic heterocycles. The van der Waals surface area contributed by atoms with Crippen LogP contribution in [0.25, 0.3) is 0 Å². The monoisotopic (exact) mass is 173 g/mol. The van der Waals surface area contributed by atoms with Gasteiger partial charge in [0.25, 0.3) is 0 Å². The molecule has 1 saturated heterocycles. The highest BCUT2D eigenvalue weighted by Crippen LogP contribution is 2.27. The van der Waals surface area contributed by atoms with Crippen LogP contribution in [-0.4, -0.2) is 46.8 Å². The Kier molecular flexibility index (Phi) is 2.39. The number of piperidine rings is 1. The van der Waals surface area contributed by atoms with Gasteiger partial charge in [-0.3, -0.25) is 0 Å². The summed E-state index contributed by atoms with van der Waals surface area (Å²) in [6.45, 7) is 3.06. The zero-order valence-electron chi connectivity index (χ0n) is 7.45. The fourth-order valence-corrected chi connectivity index (χ4v) is 1.64. The number of carboxylic acid groups (broad SMARTS) is 1. The highest BCUT2D eigenvalue weighted by molar-refractivity contribution is 5.77. The van der Waals surface area contributed by atoms with Crippen molar-refractivity contribution in [3.63, 3.8) is 0 Å². The van der Waals surface area contributed by atoms with Gasteiger partial charge in [0.15, 0.2) is 5.60 Å². The summed E-state index contributed by atoms with van der Waals surface area (Å²) in [6, 6.07) is 0. The molecule has 0 aromatic rings. The average Bonchev–Trinajstić information content (AvgIpc) is 1.97. The summed E-state index contributed by atoms with van der Waals surface area (Å²) in [5, 5.41) is 18.5. The lowest BCUT2D eigenvalue weighted by atomic mass is 9.82. The second-order valence-electron chi connectivity index (χ2n) is 3.64. The van der Waals surface area contributed by atoms with Crippen molar-refractivity contribution < 1.29 is 15.0 Å². The second-order valence-corrected chi connectivity index (χ2v) is 3.64. The molecule has 1 aliphatic heterocycles. The van der Waals surface area contributed by atoms with Crippen LogP contribution in [0, 0.1) is 5.92 Å². The number of hydrogen-bond acceptors (Lipinski definition) is 3. The van der Waals surface area contributed by atoms with Gasteiger partial charge in [-0.05, 0) is 13.5 Å². The van der Waals surface area contributed by atoms with Gasteiger partial charge in [-0.1, -0.05) is 6.92 Å². The molecule has 0 radical (unpaired) electrons. The molecule has 1 rings (SSSR count). The maximum atomic E-state index is 10.7. The van der Waals surface area contributed by atoms with Gasteiger partial charge in [-0.2, -0.15) is 0 Å². The summed E-state index contributed by atoms with van der Waals surface area (Å²) in [7, 11) is 1.93. The Morgan fingerprint density at radius 1 is 1.67 bits per heavy atom. The van der Waals surface area contributed by atoms with Crippen molar-refractivity contribution in [2.75, 3.05) is 20.1 Å². The molecule has 0 aromatic carbocycles. The lowest BCUT2D eigenvalue weighted by Gasteiger charge is -2.38. The number of likely N-dealkylation sites (tertiary alicyclic amines) is 1. The van der Waals surface area contributed by atoms with Crippen molar-refractivity contribution in [1.29, 1.82) is 0 Å². The zero-order valence-corrected chi connectivity index (χ0v) is 7.45. The van der Waals surface area contributed by atoms with E-state index >= 15 is 0 Å². The molecule has 2 N–H and O–H groups in total. The van der Waals surface area contributed by atoms with Crippen LogP contribution in [-0.2, 0) is 4.79 Å². The van der Waals surface area contributed by atoms with E-state index in [0.29, 0.717) is 19.5 Å². The van der Waals surface area contributed by atoms with Gasteiger partial charge < -0.3 is 15.1 Å². The summed E-state index contributed by atoms with van der Waals surface area (Å²) in [4.78, 5) is 12.8. The first kappa shape index (κ1) is 9.48. The van der Waals surface area contributed by atoms with Crippen LogP contribution in [0.3, 0.4) is 0 Å². The minimum atomic E-state index is -1.51. The predicted molar refractivity (Wildman–Crippen MR) is 43.9 cm³/mol. The maximum absolute atomic E-state index is 10.7. The van der Waals surface area contributed by atoms with Crippen LogP contribution in [0.1, 0.15) is 13.3 Å². The van der Waals surface area contributed by atoms with E-state index in [9.17, 15) is 9.90 Å². The number of hydrogen-bond donors (Lipinski definition) is 2. The van der Waals surface area contributed by atoms with E-state index in [1.54, 1.807) is 6.92 Å². The molecular formula is C8H15NO3. The quantitative estimate of drug-likeness (QED) is 0.575. The Bertz CT molecular complexity index is 195. The number of aliphatic carboxylic acids is 1. The maximum Gasteiger partial charge on any atom is 0.336 e. The normalized spacial score (nSPS) is 38.1. The van der Waals surface area contributed by atoms with Crippen molar-refractivity contribution in [1.82, 2.24) is 4.90 Å². The molecule has 0 spiro atoms. The number of nitrogens with zero attached hydrogens (tertiary/aromatic N) is 1. The zero-order chi connectivity index (χ0) is 9.35. The second kappa shape index (κ2) is 3.03. The Hall–Kier alpha value is -0.610. The third kappa shape index (κ3) is 1.44. The van der Waals surface area contributed by atoms with Crippen molar-refractivity contribution in [3.05, 3.63) is 0 Å². The predicted octanol–water partition coefficient (Wildman–Crippen LogP) is -0.226. The molecule has 1 fully saturated rings. The van der Waals surface area contributed by atoms with Crippen LogP contribution in [0.15, 0.2) is 0 Å². The van der Waals surface area contributed by atoms with Crippen LogP contribution >= 0.6 is 0 Å². The van der Waals surface area contributed by atoms with Crippen molar-refractivity contribution >= 4 is 5.97 Å². The van der Waals surface area contributed by atoms with E-state index in [4.69, 9.17) is 5.11 Å². The molecule has 4 heteroatoms. The van der Waals surface area contributed by atoms with E-state index in [1.807, 2.05) is 11.9 Å².